The lowest BCUT2D eigenvalue weighted by Crippen LogP contribution is -2.30. The normalized spacial score (nSPS) is 13.5. The van der Waals surface area contributed by atoms with Crippen molar-refractivity contribution in [3.05, 3.63) is 194 Å². The van der Waals surface area contributed by atoms with E-state index in [0.717, 1.165) is 148 Å². The van der Waals surface area contributed by atoms with Gasteiger partial charge in [0.15, 0.2) is 6.10 Å². The van der Waals surface area contributed by atoms with Crippen molar-refractivity contribution in [2.45, 2.75) is 226 Å². The number of esters is 3. The summed E-state index contributed by atoms with van der Waals surface area (Å²) >= 11 is 0. The Hall–Kier alpha value is -5.75. The van der Waals surface area contributed by atoms with Crippen LogP contribution >= 0.6 is 0 Å². The molecule has 0 radical (unpaired) electrons. The monoisotopic (exact) mass is 1070 g/mol. The molecule has 0 amide bonds. The molecule has 6 heteroatoms. The van der Waals surface area contributed by atoms with Gasteiger partial charge in [0, 0.05) is 19.3 Å². The van der Waals surface area contributed by atoms with E-state index < -0.39 is 6.10 Å². The van der Waals surface area contributed by atoms with E-state index in [0.29, 0.717) is 19.3 Å². The molecule has 432 valence electrons. The molecule has 0 saturated heterocycles. The first kappa shape index (κ1) is 72.2. The topological polar surface area (TPSA) is 78.9 Å². The lowest BCUT2D eigenvalue weighted by molar-refractivity contribution is -0.167. The van der Waals surface area contributed by atoms with Crippen molar-refractivity contribution in [2.24, 2.45) is 0 Å². The Morgan fingerprint density at radius 3 is 0.833 bits per heavy atom. The van der Waals surface area contributed by atoms with Crippen LogP contribution in [0.2, 0.25) is 0 Å². The summed E-state index contributed by atoms with van der Waals surface area (Å²) in [5.74, 6) is -1.04. The zero-order valence-corrected chi connectivity index (χ0v) is 49.3. The quantitative estimate of drug-likeness (QED) is 0.0261. The van der Waals surface area contributed by atoms with Crippen molar-refractivity contribution < 1.29 is 28.6 Å². The van der Waals surface area contributed by atoms with Gasteiger partial charge in [-0.15, -0.1) is 0 Å². The van der Waals surface area contributed by atoms with Gasteiger partial charge < -0.3 is 14.2 Å². The average molecular weight is 1070 g/mol. The second-order valence-corrected chi connectivity index (χ2v) is 19.1. The van der Waals surface area contributed by atoms with Crippen LogP contribution in [0.3, 0.4) is 0 Å². The van der Waals surface area contributed by atoms with E-state index in [-0.39, 0.29) is 44.0 Å². The number of rotatable bonds is 52. The zero-order valence-electron chi connectivity index (χ0n) is 49.3. The third-order valence-electron chi connectivity index (χ3n) is 11.8. The van der Waals surface area contributed by atoms with Crippen LogP contribution in [0.25, 0.3) is 0 Å². The molecule has 0 heterocycles. The smallest absolute Gasteiger partial charge is 0.306 e. The Labute approximate surface area is 477 Å². The molecule has 6 nitrogen and oxygen atoms in total. The molecule has 0 aliphatic rings. The molecule has 0 fully saturated rings. The van der Waals surface area contributed by atoms with E-state index in [2.05, 4.69) is 215 Å². The highest BCUT2D eigenvalue weighted by molar-refractivity contribution is 5.71. The van der Waals surface area contributed by atoms with Gasteiger partial charge >= 0.3 is 17.9 Å². The molecule has 0 N–H and O–H groups in total. The van der Waals surface area contributed by atoms with Gasteiger partial charge in [0.05, 0.1) is 0 Å². The minimum absolute atomic E-state index is 0.120. The van der Waals surface area contributed by atoms with Crippen molar-refractivity contribution in [1.29, 1.82) is 0 Å². The summed E-state index contributed by atoms with van der Waals surface area (Å²) in [4.78, 5) is 37.9. The van der Waals surface area contributed by atoms with Crippen molar-refractivity contribution in [1.82, 2.24) is 0 Å². The van der Waals surface area contributed by atoms with Gasteiger partial charge in [-0.1, -0.05) is 254 Å². The van der Waals surface area contributed by atoms with E-state index in [1.807, 2.05) is 0 Å². The van der Waals surface area contributed by atoms with Crippen LogP contribution in [0.1, 0.15) is 220 Å². The first-order valence-electron chi connectivity index (χ1n) is 30.4. The second kappa shape index (κ2) is 63.8. The summed E-state index contributed by atoms with van der Waals surface area (Å²) in [6, 6.07) is 0. The molecule has 0 bridgehead atoms. The van der Waals surface area contributed by atoms with Crippen molar-refractivity contribution in [3.63, 3.8) is 0 Å². The van der Waals surface area contributed by atoms with E-state index >= 15 is 0 Å². The molecule has 0 spiro atoms. The van der Waals surface area contributed by atoms with E-state index in [9.17, 15) is 14.4 Å². The number of hydrogen-bond donors (Lipinski definition) is 0. The highest BCUT2D eigenvalue weighted by atomic mass is 16.6. The van der Waals surface area contributed by atoms with Gasteiger partial charge in [-0.2, -0.15) is 0 Å². The standard InChI is InChI=1S/C72H108O6/c1-4-7-10-13-16-18-20-22-24-26-28-30-32-34-35-36-37-39-40-42-44-46-48-50-52-54-56-59-62-65-71(74)77-68-69(67-76-70(73)64-61-58-15-12-9-6-3)78-72(75)66-63-60-57-55-53-51-49-47-45-43-41-38-33-31-29-27-25-23-21-19-17-14-11-8-5-2/h7-8,10-11,16-19,22-25,28-31,34-35,37-39,41-42,44-45,47-48,50-51,53-54,56,69H,4-6,9,12-15,20-21,26-27,32-33,36,40,43,46,49,52,55,57-68H2,1-3H3/b10-7-,11-8-,18-16-,19-17-,24-22-,25-23-,30-28-,31-29-,35-34-,39-37-,41-38-,44-42-,47-45-,50-48-,53-51-,56-54-. The summed E-state index contributed by atoms with van der Waals surface area (Å²) in [7, 11) is 0. The molecule has 0 rings (SSSR count). The number of allylic oxidation sites excluding steroid dienone is 32. The van der Waals surface area contributed by atoms with Crippen LogP contribution in [0, 0.1) is 0 Å². The lowest BCUT2D eigenvalue weighted by Gasteiger charge is -2.18. The number of carbonyl (C=O) groups excluding carboxylic acids is 3. The Balaban J connectivity index is 4.36. The molecular weight excluding hydrogens is 961 g/mol. The van der Waals surface area contributed by atoms with Gasteiger partial charge in [0.25, 0.3) is 0 Å². The minimum atomic E-state index is -0.829. The molecule has 0 aromatic rings. The summed E-state index contributed by atoms with van der Waals surface area (Å²) < 4.78 is 16.7. The Bertz CT molecular complexity index is 1900. The number of carbonyl (C=O) groups is 3. The molecule has 0 aromatic carbocycles. The first-order valence-corrected chi connectivity index (χ1v) is 30.4. The predicted molar refractivity (Wildman–Crippen MR) is 338 cm³/mol. The fourth-order valence-corrected chi connectivity index (χ4v) is 7.36. The van der Waals surface area contributed by atoms with Gasteiger partial charge in [-0.3, -0.25) is 14.4 Å². The number of unbranched alkanes of at least 4 members (excludes halogenated alkanes) is 9. The molecule has 1 unspecified atom stereocenters. The van der Waals surface area contributed by atoms with Crippen LogP contribution in [0.4, 0.5) is 0 Å². The van der Waals surface area contributed by atoms with Crippen LogP contribution in [-0.2, 0) is 28.6 Å². The van der Waals surface area contributed by atoms with Crippen LogP contribution in [0.5, 0.6) is 0 Å². The average Bonchev–Trinajstić information content (AvgIpc) is 3.44. The van der Waals surface area contributed by atoms with E-state index in [4.69, 9.17) is 14.2 Å². The largest absolute Gasteiger partial charge is 0.462 e. The van der Waals surface area contributed by atoms with Crippen LogP contribution in [0.15, 0.2) is 194 Å². The molecule has 0 aliphatic carbocycles. The summed E-state index contributed by atoms with van der Waals surface area (Å²) in [5, 5.41) is 0. The maximum Gasteiger partial charge on any atom is 0.306 e. The molecule has 0 aromatic heterocycles. The van der Waals surface area contributed by atoms with Crippen molar-refractivity contribution in [2.75, 3.05) is 13.2 Å². The molecule has 0 saturated carbocycles. The number of hydrogen-bond acceptors (Lipinski definition) is 6. The van der Waals surface area contributed by atoms with Crippen LogP contribution < -0.4 is 0 Å². The second-order valence-electron chi connectivity index (χ2n) is 19.1. The van der Waals surface area contributed by atoms with Crippen LogP contribution in [-0.4, -0.2) is 37.2 Å². The van der Waals surface area contributed by atoms with Crippen molar-refractivity contribution >= 4 is 17.9 Å². The highest BCUT2D eigenvalue weighted by Crippen LogP contribution is 2.11. The fourth-order valence-electron chi connectivity index (χ4n) is 7.36. The molecule has 78 heavy (non-hydrogen) atoms. The predicted octanol–water partition coefficient (Wildman–Crippen LogP) is 21.0. The van der Waals surface area contributed by atoms with Gasteiger partial charge in [0.1, 0.15) is 13.2 Å². The van der Waals surface area contributed by atoms with E-state index in [1.54, 1.807) is 0 Å². The third-order valence-corrected chi connectivity index (χ3v) is 11.8. The maximum absolute atomic E-state index is 12.8. The van der Waals surface area contributed by atoms with Gasteiger partial charge in [0.2, 0.25) is 0 Å². The fraction of sp³-hybridized carbons (Fsp3) is 0.514. The third kappa shape index (κ3) is 61.1. The SMILES string of the molecule is CC/C=C\C/C=C\C/C=C\C/C=C\C/C=C\C/C=C\C/C=C\C/C=C\C/C=C\CCCC(=O)OCC(COC(=O)CCCCCCCC)OC(=O)CCCCC/C=C\C/C=C\C/C=C\C/C=C\C/C=C\C/C=C\C/C=C\CC. The highest BCUT2D eigenvalue weighted by Gasteiger charge is 2.19. The van der Waals surface area contributed by atoms with Crippen molar-refractivity contribution in [3.8, 4) is 0 Å². The van der Waals surface area contributed by atoms with Gasteiger partial charge in [-0.05, 0) is 141 Å². The Kier molecular flexibility index (Phi) is 59.1. The summed E-state index contributed by atoms with van der Waals surface area (Å²) in [6.45, 7) is 6.24. The van der Waals surface area contributed by atoms with Gasteiger partial charge in [-0.25, -0.2) is 0 Å². The summed E-state index contributed by atoms with van der Waals surface area (Å²) in [5.41, 5.74) is 0. The lowest BCUT2D eigenvalue weighted by atomic mass is 10.1. The Morgan fingerprint density at radius 1 is 0.269 bits per heavy atom. The molecule has 0 aliphatic heterocycles. The molecular formula is C72H108O6. The Morgan fingerprint density at radius 2 is 0.513 bits per heavy atom. The summed E-state index contributed by atoms with van der Waals surface area (Å²) in [6.07, 6.45) is 97.5. The molecule has 1 atom stereocenters. The zero-order chi connectivity index (χ0) is 56.4. The first-order chi connectivity index (χ1) is 38.5. The van der Waals surface area contributed by atoms with E-state index in [1.165, 1.54) is 19.3 Å². The number of ether oxygens (including phenoxy) is 3. The minimum Gasteiger partial charge on any atom is -0.462 e. The maximum atomic E-state index is 12.8.